The van der Waals surface area contributed by atoms with Gasteiger partial charge in [-0.3, -0.25) is 9.59 Å². The lowest BCUT2D eigenvalue weighted by Gasteiger charge is -2.12. The number of rotatable bonds is 7. The predicted molar refractivity (Wildman–Crippen MR) is 119 cm³/mol. The van der Waals surface area contributed by atoms with Crippen molar-refractivity contribution in [1.29, 1.82) is 0 Å². The summed E-state index contributed by atoms with van der Waals surface area (Å²) in [5.74, 6) is 0.601. The first-order valence-corrected chi connectivity index (χ1v) is 9.84. The Morgan fingerprint density at radius 2 is 1.88 bits per heavy atom. The van der Waals surface area contributed by atoms with Gasteiger partial charge in [-0.2, -0.15) is 5.10 Å². The van der Waals surface area contributed by atoms with Gasteiger partial charge in [0.1, 0.15) is 23.6 Å². The molecule has 0 saturated heterocycles. The third-order valence-corrected chi connectivity index (χ3v) is 5.06. The Bertz CT molecular complexity index is 1330. The minimum atomic E-state index is -0.431. The second-order valence-electron chi connectivity index (χ2n) is 6.99. The van der Waals surface area contributed by atoms with E-state index in [4.69, 9.17) is 9.47 Å². The van der Waals surface area contributed by atoms with Crippen LogP contribution in [0.15, 0.2) is 65.7 Å². The summed E-state index contributed by atoms with van der Waals surface area (Å²) in [4.78, 5) is 25.8. The Morgan fingerprint density at radius 3 is 2.56 bits per heavy atom. The van der Waals surface area contributed by atoms with Crippen LogP contribution in [0.4, 0.5) is 5.69 Å². The molecule has 4 rings (SSSR count). The molecule has 4 aromatic rings. The smallest absolute Gasteiger partial charge is 0.277 e. The van der Waals surface area contributed by atoms with Gasteiger partial charge in [0, 0.05) is 29.6 Å². The highest BCUT2D eigenvalue weighted by Crippen LogP contribution is 2.29. The van der Waals surface area contributed by atoms with Crippen LogP contribution < -0.4 is 20.3 Å². The fourth-order valence-electron chi connectivity index (χ4n) is 3.51. The number of hydrogen-bond donors (Lipinski definition) is 2. The normalized spacial score (nSPS) is 10.8. The molecular weight excluding hydrogens is 412 g/mol. The number of ether oxygens (including phenoxy) is 2. The molecule has 164 valence electrons. The SMILES string of the molecule is COc1ccc(OC)c(NC(=O)Cn2ccn3nc(-c4ccccc4)c(CO)c3c2=O)c1. The molecule has 1 amide bonds. The van der Waals surface area contributed by atoms with Crippen molar-refractivity contribution in [2.45, 2.75) is 13.2 Å². The summed E-state index contributed by atoms with van der Waals surface area (Å²) in [5, 5.41) is 17.2. The molecule has 9 nitrogen and oxygen atoms in total. The second-order valence-corrected chi connectivity index (χ2v) is 6.99. The van der Waals surface area contributed by atoms with Gasteiger partial charge in [-0.1, -0.05) is 30.3 Å². The number of anilines is 1. The van der Waals surface area contributed by atoms with Crippen molar-refractivity contribution in [2.75, 3.05) is 19.5 Å². The van der Waals surface area contributed by atoms with E-state index in [0.717, 1.165) is 5.56 Å². The van der Waals surface area contributed by atoms with Crippen LogP contribution in [-0.4, -0.2) is 39.4 Å². The molecule has 0 fully saturated rings. The summed E-state index contributed by atoms with van der Waals surface area (Å²) in [6, 6.07) is 14.3. The third-order valence-electron chi connectivity index (χ3n) is 5.06. The number of hydrogen-bond acceptors (Lipinski definition) is 6. The number of aliphatic hydroxyl groups is 1. The molecule has 2 N–H and O–H groups in total. The van der Waals surface area contributed by atoms with E-state index < -0.39 is 11.5 Å². The molecule has 2 aromatic carbocycles. The molecule has 2 heterocycles. The summed E-state index contributed by atoms with van der Waals surface area (Å²) >= 11 is 0. The van der Waals surface area contributed by atoms with Gasteiger partial charge < -0.3 is 24.5 Å². The number of carbonyl (C=O) groups is 1. The first-order chi connectivity index (χ1) is 15.5. The van der Waals surface area contributed by atoms with Gasteiger partial charge in [-0.15, -0.1) is 0 Å². The van der Waals surface area contributed by atoms with Gasteiger partial charge >= 0.3 is 0 Å². The number of aromatic nitrogens is 3. The van der Waals surface area contributed by atoms with Crippen LogP contribution >= 0.6 is 0 Å². The predicted octanol–water partition coefficient (Wildman–Crippen LogP) is 2.31. The summed E-state index contributed by atoms with van der Waals surface area (Å²) in [6.45, 7) is -0.591. The molecule has 0 aliphatic heterocycles. The summed E-state index contributed by atoms with van der Waals surface area (Å²) in [6.07, 6.45) is 3.07. The van der Waals surface area contributed by atoms with E-state index in [1.54, 1.807) is 24.4 Å². The Hall–Kier alpha value is -4.11. The molecule has 0 spiro atoms. The Balaban J connectivity index is 1.67. The van der Waals surface area contributed by atoms with Gasteiger partial charge in [0.05, 0.1) is 32.2 Å². The number of nitrogens with one attached hydrogen (secondary N) is 1. The molecule has 2 aromatic heterocycles. The maximum atomic E-state index is 13.1. The van der Waals surface area contributed by atoms with Gasteiger partial charge in [0.2, 0.25) is 5.91 Å². The summed E-state index contributed by atoms with van der Waals surface area (Å²) in [5.41, 5.74) is 1.94. The second kappa shape index (κ2) is 8.94. The molecule has 32 heavy (non-hydrogen) atoms. The summed E-state index contributed by atoms with van der Waals surface area (Å²) < 4.78 is 13.2. The van der Waals surface area contributed by atoms with Crippen LogP contribution in [-0.2, 0) is 17.9 Å². The zero-order chi connectivity index (χ0) is 22.7. The molecule has 0 aliphatic rings. The molecule has 0 aliphatic carbocycles. The van der Waals surface area contributed by atoms with Crippen LogP contribution in [0.1, 0.15) is 5.56 Å². The van der Waals surface area contributed by atoms with E-state index in [1.807, 2.05) is 30.3 Å². The number of fused-ring (bicyclic) bond motifs is 1. The quantitative estimate of drug-likeness (QED) is 0.462. The minimum absolute atomic E-state index is 0.223. The van der Waals surface area contributed by atoms with E-state index in [9.17, 15) is 14.7 Å². The van der Waals surface area contributed by atoms with Gasteiger partial charge in [-0.05, 0) is 12.1 Å². The zero-order valence-electron chi connectivity index (χ0n) is 17.6. The lowest BCUT2D eigenvalue weighted by molar-refractivity contribution is -0.116. The van der Waals surface area contributed by atoms with E-state index in [0.29, 0.717) is 28.4 Å². The van der Waals surface area contributed by atoms with E-state index in [1.165, 1.54) is 29.5 Å². The van der Waals surface area contributed by atoms with Crippen LogP contribution in [0.5, 0.6) is 11.5 Å². The highest BCUT2D eigenvalue weighted by molar-refractivity contribution is 5.92. The van der Waals surface area contributed by atoms with Crippen molar-refractivity contribution in [1.82, 2.24) is 14.2 Å². The van der Waals surface area contributed by atoms with Crippen molar-refractivity contribution in [3.8, 4) is 22.8 Å². The topological polar surface area (TPSA) is 107 Å². The van der Waals surface area contributed by atoms with E-state index in [-0.39, 0.29) is 18.7 Å². The fraction of sp³-hybridized carbons (Fsp3) is 0.174. The Labute approximate surface area is 183 Å². The molecule has 0 radical (unpaired) electrons. The van der Waals surface area contributed by atoms with Crippen LogP contribution in [0.2, 0.25) is 0 Å². The number of benzene rings is 2. The van der Waals surface area contributed by atoms with Crippen molar-refractivity contribution in [3.05, 3.63) is 76.8 Å². The molecule has 0 bridgehead atoms. The average molecular weight is 434 g/mol. The number of carbonyl (C=O) groups excluding carboxylic acids is 1. The first-order valence-electron chi connectivity index (χ1n) is 9.84. The fourth-order valence-corrected chi connectivity index (χ4v) is 3.51. The monoisotopic (exact) mass is 434 g/mol. The maximum Gasteiger partial charge on any atom is 0.277 e. The van der Waals surface area contributed by atoms with Crippen LogP contribution in [0.25, 0.3) is 16.8 Å². The lowest BCUT2D eigenvalue weighted by Crippen LogP contribution is -2.28. The van der Waals surface area contributed by atoms with Crippen LogP contribution in [0, 0.1) is 0 Å². The van der Waals surface area contributed by atoms with Crippen molar-refractivity contribution in [2.24, 2.45) is 0 Å². The Kier molecular flexibility index (Phi) is 5.91. The van der Waals surface area contributed by atoms with Gasteiger partial charge in [-0.25, -0.2) is 4.52 Å². The Morgan fingerprint density at radius 1 is 1.09 bits per heavy atom. The molecule has 0 unspecified atom stereocenters. The number of nitrogens with zero attached hydrogens (tertiary/aromatic N) is 3. The highest BCUT2D eigenvalue weighted by Gasteiger charge is 2.18. The van der Waals surface area contributed by atoms with E-state index >= 15 is 0 Å². The summed E-state index contributed by atoms with van der Waals surface area (Å²) in [7, 11) is 3.02. The number of aliphatic hydroxyl groups excluding tert-OH is 1. The van der Waals surface area contributed by atoms with Crippen LogP contribution in [0.3, 0.4) is 0 Å². The molecule has 0 atom stereocenters. The molecular formula is C23H22N4O5. The van der Waals surface area contributed by atoms with Gasteiger partial charge in [0.15, 0.2) is 0 Å². The molecule has 9 heteroatoms. The minimum Gasteiger partial charge on any atom is -0.497 e. The lowest BCUT2D eigenvalue weighted by atomic mass is 10.1. The number of amides is 1. The van der Waals surface area contributed by atoms with E-state index in [2.05, 4.69) is 10.4 Å². The average Bonchev–Trinajstić information content (AvgIpc) is 3.21. The zero-order valence-corrected chi connectivity index (χ0v) is 17.6. The van der Waals surface area contributed by atoms with Crippen molar-refractivity contribution >= 4 is 17.1 Å². The third kappa shape index (κ3) is 3.93. The molecule has 0 saturated carbocycles. The standard InChI is InChI=1S/C23H22N4O5/c1-31-16-8-9-19(32-2)18(12-16)24-20(29)13-26-10-11-27-22(23(26)30)17(14-28)21(25-27)15-6-4-3-5-7-15/h3-12,28H,13-14H2,1-2H3,(H,24,29). The van der Waals surface area contributed by atoms with Crippen molar-refractivity contribution in [3.63, 3.8) is 0 Å². The van der Waals surface area contributed by atoms with Crippen molar-refractivity contribution < 1.29 is 19.4 Å². The number of methoxy groups -OCH3 is 2. The van der Waals surface area contributed by atoms with Gasteiger partial charge in [0.25, 0.3) is 5.56 Å². The largest absolute Gasteiger partial charge is 0.497 e. The highest BCUT2D eigenvalue weighted by atomic mass is 16.5. The maximum absolute atomic E-state index is 13.1. The first kappa shape index (κ1) is 21.1.